The lowest BCUT2D eigenvalue weighted by molar-refractivity contribution is -0.132. The highest BCUT2D eigenvalue weighted by atomic mass is 35.5. The number of rotatable bonds is 6. The van der Waals surface area contributed by atoms with E-state index in [1.807, 2.05) is 0 Å². The van der Waals surface area contributed by atoms with E-state index in [9.17, 15) is 14.0 Å². The van der Waals surface area contributed by atoms with E-state index in [1.165, 1.54) is 23.0 Å². The summed E-state index contributed by atoms with van der Waals surface area (Å²) in [6, 6.07) is 6.14. The Kier molecular flexibility index (Phi) is 6.67. The van der Waals surface area contributed by atoms with Crippen LogP contribution in [0.1, 0.15) is 25.5 Å². The molecule has 0 saturated carbocycles. The topological polar surface area (TPSA) is 58.4 Å². The molecule has 6 nitrogen and oxygen atoms in total. The van der Waals surface area contributed by atoms with Gasteiger partial charge < -0.3 is 9.80 Å². The summed E-state index contributed by atoms with van der Waals surface area (Å²) >= 11 is 5.85. The van der Waals surface area contributed by atoms with Gasteiger partial charge in [0.25, 0.3) is 5.56 Å². The molecule has 0 spiro atoms. The molecule has 1 saturated heterocycles. The maximum absolute atomic E-state index is 13.3. The van der Waals surface area contributed by atoms with E-state index < -0.39 is 5.82 Å². The van der Waals surface area contributed by atoms with Crippen LogP contribution in [0.15, 0.2) is 35.4 Å². The number of carbonyl (C=O) groups excluding carboxylic acids is 1. The number of carbonyl (C=O) groups is 1. The van der Waals surface area contributed by atoms with Crippen molar-refractivity contribution in [2.45, 2.75) is 32.7 Å². The van der Waals surface area contributed by atoms with Crippen LogP contribution in [0.4, 0.5) is 10.1 Å². The van der Waals surface area contributed by atoms with Crippen LogP contribution >= 0.6 is 11.6 Å². The van der Waals surface area contributed by atoms with Gasteiger partial charge in [-0.2, -0.15) is 0 Å². The SMILES string of the molecule is CCCCc1cc(=O)n(CC(=O)N2CCN(c3ccc(F)c(Cl)c3)CC2)cn1. The van der Waals surface area contributed by atoms with Gasteiger partial charge in [0.2, 0.25) is 5.91 Å². The van der Waals surface area contributed by atoms with Crippen molar-refractivity contribution in [3.05, 3.63) is 57.5 Å². The Bertz CT molecular complexity index is 894. The number of anilines is 1. The number of hydrogen-bond acceptors (Lipinski definition) is 4. The largest absolute Gasteiger partial charge is 0.368 e. The third-order valence-corrected chi connectivity index (χ3v) is 5.22. The average molecular weight is 407 g/mol. The van der Waals surface area contributed by atoms with E-state index in [2.05, 4.69) is 16.8 Å². The molecule has 8 heteroatoms. The Balaban J connectivity index is 1.56. The molecule has 0 bridgehead atoms. The number of amides is 1. The molecule has 1 fully saturated rings. The molecule has 1 aromatic carbocycles. The lowest BCUT2D eigenvalue weighted by atomic mass is 10.2. The van der Waals surface area contributed by atoms with Crippen molar-refractivity contribution >= 4 is 23.2 Å². The molecule has 1 aromatic heterocycles. The standard InChI is InChI=1S/C20H24ClFN4O2/c1-2-3-4-15-11-19(27)26(14-23-15)13-20(28)25-9-7-24(8-10-25)16-5-6-18(22)17(21)12-16/h5-6,11-12,14H,2-4,7-10,13H2,1H3. The third-order valence-electron chi connectivity index (χ3n) is 4.93. The van der Waals surface area contributed by atoms with E-state index in [4.69, 9.17) is 11.6 Å². The number of aromatic nitrogens is 2. The molecule has 0 N–H and O–H groups in total. The number of piperazine rings is 1. The Morgan fingerprint density at radius 1 is 1.21 bits per heavy atom. The first-order valence-electron chi connectivity index (χ1n) is 9.51. The van der Waals surface area contributed by atoms with Gasteiger partial charge in [0.05, 0.1) is 11.3 Å². The lowest BCUT2D eigenvalue weighted by Crippen LogP contribution is -2.50. The number of unbranched alkanes of at least 4 members (excludes halogenated alkanes) is 1. The van der Waals surface area contributed by atoms with Gasteiger partial charge in [0, 0.05) is 43.6 Å². The zero-order chi connectivity index (χ0) is 20.1. The zero-order valence-electron chi connectivity index (χ0n) is 15.9. The molecule has 2 aromatic rings. The highest BCUT2D eigenvalue weighted by molar-refractivity contribution is 6.31. The van der Waals surface area contributed by atoms with Gasteiger partial charge in [0.15, 0.2) is 0 Å². The molecule has 1 aliphatic heterocycles. The Morgan fingerprint density at radius 3 is 2.61 bits per heavy atom. The summed E-state index contributed by atoms with van der Waals surface area (Å²) in [6.45, 7) is 4.38. The first-order chi connectivity index (χ1) is 13.5. The van der Waals surface area contributed by atoms with Gasteiger partial charge in [-0.05, 0) is 31.0 Å². The van der Waals surface area contributed by atoms with Crippen LogP contribution in [0.25, 0.3) is 0 Å². The summed E-state index contributed by atoms with van der Waals surface area (Å²) in [7, 11) is 0. The molecule has 150 valence electrons. The predicted molar refractivity (Wildman–Crippen MR) is 107 cm³/mol. The lowest BCUT2D eigenvalue weighted by Gasteiger charge is -2.36. The van der Waals surface area contributed by atoms with Gasteiger partial charge in [-0.25, -0.2) is 9.37 Å². The number of halogens is 2. The average Bonchev–Trinajstić information content (AvgIpc) is 2.70. The van der Waals surface area contributed by atoms with Crippen LogP contribution in [0, 0.1) is 5.82 Å². The molecule has 0 radical (unpaired) electrons. The van der Waals surface area contributed by atoms with Crippen molar-refractivity contribution < 1.29 is 9.18 Å². The highest BCUT2D eigenvalue weighted by Crippen LogP contribution is 2.23. The maximum atomic E-state index is 13.3. The quantitative estimate of drug-likeness (QED) is 0.740. The van der Waals surface area contributed by atoms with Gasteiger partial charge in [-0.15, -0.1) is 0 Å². The molecule has 1 amide bonds. The van der Waals surface area contributed by atoms with Gasteiger partial charge in [0.1, 0.15) is 12.4 Å². The summed E-state index contributed by atoms with van der Waals surface area (Å²) in [6.07, 6.45) is 4.26. The molecule has 28 heavy (non-hydrogen) atoms. The highest BCUT2D eigenvalue weighted by Gasteiger charge is 2.22. The first kappa shape index (κ1) is 20.3. The number of hydrogen-bond donors (Lipinski definition) is 0. The summed E-state index contributed by atoms with van der Waals surface area (Å²) in [4.78, 5) is 32.9. The fourth-order valence-corrected chi connectivity index (χ4v) is 3.39. The van der Waals surface area contributed by atoms with E-state index in [-0.39, 0.29) is 23.0 Å². The number of nitrogens with zero attached hydrogens (tertiary/aromatic N) is 4. The van der Waals surface area contributed by atoms with Crippen LogP contribution in [-0.4, -0.2) is 46.5 Å². The summed E-state index contributed by atoms with van der Waals surface area (Å²) in [5, 5.41) is 0.0882. The molecular weight excluding hydrogens is 383 g/mol. The summed E-state index contributed by atoms with van der Waals surface area (Å²) in [5.41, 5.74) is 1.40. The number of aryl methyl sites for hydroxylation is 1. The van der Waals surface area contributed by atoms with E-state index in [0.29, 0.717) is 26.2 Å². The van der Waals surface area contributed by atoms with Crippen molar-refractivity contribution in [3.8, 4) is 0 Å². The fraction of sp³-hybridized carbons (Fsp3) is 0.450. The van der Waals surface area contributed by atoms with E-state index in [1.54, 1.807) is 17.0 Å². The van der Waals surface area contributed by atoms with Crippen LogP contribution in [0.2, 0.25) is 5.02 Å². The van der Waals surface area contributed by atoms with Gasteiger partial charge in [-0.1, -0.05) is 24.9 Å². The van der Waals surface area contributed by atoms with Crippen molar-refractivity contribution in [1.82, 2.24) is 14.5 Å². The second-order valence-electron chi connectivity index (χ2n) is 6.92. The minimum absolute atomic E-state index is 0.0116. The van der Waals surface area contributed by atoms with Crippen molar-refractivity contribution in [2.24, 2.45) is 0 Å². The summed E-state index contributed by atoms with van der Waals surface area (Å²) in [5.74, 6) is -0.555. The second kappa shape index (κ2) is 9.19. The first-order valence-corrected chi connectivity index (χ1v) is 9.89. The second-order valence-corrected chi connectivity index (χ2v) is 7.32. The molecule has 0 unspecified atom stereocenters. The van der Waals surface area contributed by atoms with Crippen LogP contribution in [0.5, 0.6) is 0 Å². The molecule has 0 atom stereocenters. The normalized spacial score (nSPS) is 14.4. The zero-order valence-corrected chi connectivity index (χ0v) is 16.7. The molecular formula is C20H24ClFN4O2. The van der Waals surface area contributed by atoms with Crippen LogP contribution in [-0.2, 0) is 17.8 Å². The maximum Gasteiger partial charge on any atom is 0.253 e. The predicted octanol–water partition coefficient (Wildman–Crippen LogP) is 2.73. The van der Waals surface area contributed by atoms with Crippen LogP contribution < -0.4 is 10.5 Å². The Labute approximate surface area is 168 Å². The van der Waals surface area contributed by atoms with E-state index >= 15 is 0 Å². The number of benzene rings is 1. The Morgan fingerprint density at radius 2 is 1.96 bits per heavy atom. The molecule has 0 aliphatic carbocycles. The fourth-order valence-electron chi connectivity index (χ4n) is 3.22. The monoisotopic (exact) mass is 406 g/mol. The van der Waals surface area contributed by atoms with Gasteiger partial charge in [-0.3, -0.25) is 14.2 Å². The van der Waals surface area contributed by atoms with Crippen molar-refractivity contribution in [1.29, 1.82) is 0 Å². The smallest absolute Gasteiger partial charge is 0.253 e. The molecule has 2 heterocycles. The third kappa shape index (κ3) is 4.90. The van der Waals surface area contributed by atoms with Gasteiger partial charge >= 0.3 is 0 Å². The van der Waals surface area contributed by atoms with Crippen molar-refractivity contribution in [2.75, 3.05) is 31.1 Å². The summed E-state index contributed by atoms with van der Waals surface area (Å²) < 4.78 is 14.7. The minimum Gasteiger partial charge on any atom is -0.368 e. The Hall–Kier alpha value is -2.41. The van der Waals surface area contributed by atoms with Crippen molar-refractivity contribution in [3.63, 3.8) is 0 Å². The van der Waals surface area contributed by atoms with E-state index in [0.717, 1.165) is 30.6 Å². The van der Waals surface area contributed by atoms with Crippen LogP contribution in [0.3, 0.4) is 0 Å². The molecule has 3 rings (SSSR count). The minimum atomic E-state index is -0.445. The molecule has 1 aliphatic rings.